The zero-order valence-electron chi connectivity index (χ0n) is 17.4. The van der Waals surface area contributed by atoms with Gasteiger partial charge in [-0.05, 0) is 36.8 Å². The highest BCUT2D eigenvalue weighted by atomic mass is 35.5. The highest BCUT2D eigenvalue weighted by molar-refractivity contribution is 7.84. The summed E-state index contributed by atoms with van der Waals surface area (Å²) in [4.78, 5) is 16.6. The third-order valence-electron chi connectivity index (χ3n) is 4.55. The molecule has 0 saturated carbocycles. The second-order valence-electron chi connectivity index (χ2n) is 6.69. The van der Waals surface area contributed by atoms with Gasteiger partial charge in [-0.25, -0.2) is 4.98 Å². The second-order valence-corrected chi connectivity index (χ2v) is 8.55. The molecule has 7 nitrogen and oxygen atoms in total. The lowest BCUT2D eigenvalue weighted by molar-refractivity contribution is -0.118. The standard InChI is InChI=1S/C22H23ClN2O5S/c1-14-18(25-22(30-14)15-8-9-19(28-2)20(10-15)29-3)12-31(27)13-21(26)24-11-16-6-4-5-7-17(16)23/h4-10H,11-13H2,1-3H3,(H,24,26)/t31-/m0/s1. The topological polar surface area (TPSA) is 90.7 Å². The number of amides is 1. The smallest absolute Gasteiger partial charge is 0.232 e. The molecule has 3 aromatic rings. The molecule has 0 aliphatic carbocycles. The molecule has 3 rings (SSSR count). The van der Waals surface area contributed by atoms with Crippen molar-refractivity contribution in [3.63, 3.8) is 0 Å². The van der Waals surface area contributed by atoms with E-state index in [2.05, 4.69) is 10.3 Å². The number of benzene rings is 2. The lowest BCUT2D eigenvalue weighted by Crippen LogP contribution is -2.28. The third-order valence-corrected chi connectivity index (χ3v) is 6.10. The number of carbonyl (C=O) groups excluding carboxylic acids is 1. The van der Waals surface area contributed by atoms with Crippen LogP contribution in [0.5, 0.6) is 11.5 Å². The number of nitrogens with zero attached hydrogens (tertiary/aromatic N) is 1. The molecule has 9 heteroatoms. The molecule has 1 heterocycles. The van der Waals surface area contributed by atoms with E-state index < -0.39 is 10.8 Å². The van der Waals surface area contributed by atoms with Gasteiger partial charge in [0.15, 0.2) is 11.5 Å². The van der Waals surface area contributed by atoms with Gasteiger partial charge in [-0.15, -0.1) is 0 Å². The zero-order valence-corrected chi connectivity index (χ0v) is 19.0. The van der Waals surface area contributed by atoms with Crippen LogP contribution >= 0.6 is 11.6 Å². The summed E-state index contributed by atoms with van der Waals surface area (Å²) in [5, 5.41) is 3.31. The molecule has 1 atom stereocenters. The Balaban J connectivity index is 1.61. The lowest BCUT2D eigenvalue weighted by atomic mass is 10.2. The number of carbonyl (C=O) groups is 1. The van der Waals surface area contributed by atoms with Gasteiger partial charge in [0.1, 0.15) is 11.5 Å². The molecule has 1 aromatic heterocycles. The predicted octanol–water partition coefficient (Wildman–Crippen LogP) is 3.89. The Labute approximate surface area is 188 Å². The minimum atomic E-state index is -1.44. The van der Waals surface area contributed by atoms with E-state index in [1.807, 2.05) is 18.2 Å². The first-order chi connectivity index (χ1) is 14.9. The summed E-state index contributed by atoms with van der Waals surface area (Å²) < 4.78 is 28.8. The Kier molecular flexibility index (Phi) is 7.70. The summed E-state index contributed by atoms with van der Waals surface area (Å²) in [7, 11) is 1.67. The average molecular weight is 463 g/mol. The van der Waals surface area contributed by atoms with Crippen molar-refractivity contribution in [2.75, 3.05) is 20.0 Å². The summed E-state index contributed by atoms with van der Waals surface area (Å²) >= 11 is 6.08. The van der Waals surface area contributed by atoms with Crippen molar-refractivity contribution in [3.8, 4) is 23.0 Å². The quantitative estimate of drug-likeness (QED) is 0.519. The van der Waals surface area contributed by atoms with Gasteiger partial charge in [-0.1, -0.05) is 29.8 Å². The number of hydrogen-bond donors (Lipinski definition) is 1. The first kappa shape index (κ1) is 22.8. The van der Waals surface area contributed by atoms with E-state index in [0.717, 1.165) is 5.56 Å². The minimum absolute atomic E-state index is 0.113. The fraction of sp³-hybridized carbons (Fsp3) is 0.273. The number of rotatable bonds is 9. The monoisotopic (exact) mass is 462 g/mol. The van der Waals surface area contributed by atoms with Crippen LogP contribution in [0, 0.1) is 6.92 Å². The van der Waals surface area contributed by atoms with Gasteiger partial charge in [-0.2, -0.15) is 0 Å². The second kappa shape index (κ2) is 10.5. The Morgan fingerprint density at radius 2 is 1.90 bits per heavy atom. The first-order valence-electron chi connectivity index (χ1n) is 9.45. The maximum atomic E-state index is 12.5. The summed E-state index contributed by atoms with van der Waals surface area (Å²) in [6.07, 6.45) is 0. The summed E-state index contributed by atoms with van der Waals surface area (Å²) in [6.45, 7) is 2.03. The number of nitrogens with one attached hydrogen (secondary N) is 1. The molecular formula is C22H23ClN2O5S. The predicted molar refractivity (Wildman–Crippen MR) is 120 cm³/mol. The van der Waals surface area contributed by atoms with Gasteiger partial charge < -0.3 is 19.2 Å². The molecule has 0 bridgehead atoms. The molecule has 0 unspecified atom stereocenters. The van der Waals surface area contributed by atoms with Gasteiger partial charge in [0, 0.05) is 27.9 Å². The molecule has 0 radical (unpaired) electrons. The molecule has 0 spiro atoms. The Morgan fingerprint density at radius 3 is 2.61 bits per heavy atom. The number of hydrogen-bond acceptors (Lipinski definition) is 6. The number of aromatic nitrogens is 1. The van der Waals surface area contributed by atoms with E-state index in [9.17, 15) is 9.00 Å². The Hall–Kier alpha value is -2.84. The molecule has 1 N–H and O–H groups in total. The number of aryl methyl sites for hydroxylation is 1. The van der Waals surface area contributed by atoms with Gasteiger partial charge >= 0.3 is 0 Å². The van der Waals surface area contributed by atoms with Crippen molar-refractivity contribution in [1.29, 1.82) is 0 Å². The van der Waals surface area contributed by atoms with Crippen LogP contribution in [0.4, 0.5) is 0 Å². The maximum absolute atomic E-state index is 12.5. The number of halogens is 1. The van der Waals surface area contributed by atoms with Crippen LogP contribution in [0.25, 0.3) is 11.5 Å². The van der Waals surface area contributed by atoms with Crippen molar-refractivity contribution < 1.29 is 22.9 Å². The molecule has 0 aliphatic rings. The first-order valence-corrected chi connectivity index (χ1v) is 11.3. The van der Waals surface area contributed by atoms with E-state index in [4.69, 9.17) is 25.5 Å². The fourth-order valence-corrected chi connectivity index (χ4v) is 4.16. The summed E-state index contributed by atoms with van der Waals surface area (Å²) in [5.74, 6) is 1.74. The summed E-state index contributed by atoms with van der Waals surface area (Å²) in [5.41, 5.74) is 2.05. The van der Waals surface area contributed by atoms with Crippen molar-refractivity contribution in [2.45, 2.75) is 19.2 Å². The molecule has 0 saturated heterocycles. The van der Waals surface area contributed by atoms with E-state index in [1.54, 1.807) is 45.4 Å². The molecule has 164 valence electrons. The van der Waals surface area contributed by atoms with E-state index in [1.165, 1.54) is 0 Å². The summed E-state index contributed by atoms with van der Waals surface area (Å²) in [6, 6.07) is 12.6. The van der Waals surface area contributed by atoms with Crippen LogP contribution in [0.2, 0.25) is 5.02 Å². The Morgan fingerprint density at radius 1 is 1.16 bits per heavy atom. The van der Waals surface area contributed by atoms with Crippen LogP contribution in [0.15, 0.2) is 46.9 Å². The minimum Gasteiger partial charge on any atom is -0.493 e. The lowest BCUT2D eigenvalue weighted by Gasteiger charge is -2.07. The van der Waals surface area contributed by atoms with Crippen LogP contribution in [-0.2, 0) is 27.9 Å². The van der Waals surface area contributed by atoms with Crippen LogP contribution in [0.1, 0.15) is 17.0 Å². The Bertz CT molecular complexity index is 1100. The average Bonchev–Trinajstić information content (AvgIpc) is 3.12. The van der Waals surface area contributed by atoms with Crippen molar-refractivity contribution in [1.82, 2.24) is 10.3 Å². The van der Waals surface area contributed by atoms with Crippen molar-refractivity contribution in [2.24, 2.45) is 0 Å². The van der Waals surface area contributed by atoms with E-state index >= 15 is 0 Å². The molecule has 31 heavy (non-hydrogen) atoms. The highest BCUT2D eigenvalue weighted by Gasteiger charge is 2.17. The van der Waals surface area contributed by atoms with Crippen molar-refractivity contribution in [3.05, 3.63) is 64.5 Å². The zero-order chi connectivity index (χ0) is 22.4. The molecule has 2 aromatic carbocycles. The highest BCUT2D eigenvalue weighted by Crippen LogP contribution is 2.32. The molecule has 1 amide bonds. The van der Waals surface area contributed by atoms with Crippen LogP contribution in [-0.4, -0.2) is 35.1 Å². The maximum Gasteiger partial charge on any atom is 0.232 e. The SMILES string of the molecule is COc1ccc(-c2nc(C[S@](=O)CC(=O)NCc3ccccc3Cl)c(C)o2)cc1OC. The fourth-order valence-electron chi connectivity index (χ4n) is 2.89. The van der Waals surface area contributed by atoms with Gasteiger partial charge in [0.25, 0.3) is 0 Å². The molecular weight excluding hydrogens is 440 g/mol. The number of ether oxygens (including phenoxy) is 2. The van der Waals surface area contributed by atoms with Crippen LogP contribution in [0.3, 0.4) is 0 Å². The third kappa shape index (κ3) is 5.86. The van der Waals surface area contributed by atoms with Crippen LogP contribution < -0.4 is 14.8 Å². The van der Waals surface area contributed by atoms with Gasteiger partial charge in [0.05, 0.1) is 25.7 Å². The van der Waals surface area contributed by atoms with E-state index in [0.29, 0.717) is 39.4 Å². The molecule has 0 aliphatic heterocycles. The van der Waals surface area contributed by atoms with Gasteiger partial charge in [-0.3, -0.25) is 9.00 Å². The normalized spacial score (nSPS) is 11.7. The van der Waals surface area contributed by atoms with E-state index in [-0.39, 0.29) is 24.0 Å². The number of methoxy groups -OCH3 is 2. The van der Waals surface area contributed by atoms with Gasteiger partial charge in [0.2, 0.25) is 11.8 Å². The van der Waals surface area contributed by atoms with Crippen molar-refractivity contribution >= 4 is 28.3 Å². The molecule has 0 fully saturated rings. The largest absolute Gasteiger partial charge is 0.493 e. The number of oxazole rings is 1.